The van der Waals surface area contributed by atoms with Gasteiger partial charge < -0.3 is 20.2 Å². The highest BCUT2D eigenvalue weighted by Crippen LogP contribution is 2.27. The molecule has 3 aliphatic rings. The number of nitrogens with one attached hydrogen (secondary N) is 1. The number of aromatic nitrogens is 2. The number of anilines is 2. The van der Waals surface area contributed by atoms with Gasteiger partial charge in [0.25, 0.3) is 0 Å². The molecule has 2 atom stereocenters. The number of likely N-dealkylation sites (tertiary alicyclic amines) is 1. The molecular weight excluding hydrogens is 416 g/mol. The van der Waals surface area contributed by atoms with Crippen molar-refractivity contribution in [3.63, 3.8) is 0 Å². The number of amides is 1. The van der Waals surface area contributed by atoms with Crippen LogP contribution in [0.1, 0.15) is 37.3 Å². The number of hydrogen-bond donors (Lipinski definition) is 2. The largest absolute Gasteiger partial charge is 0.390 e. The fourth-order valence-corrected chi connectivity index (χ4v) is 5.50. The zero-order valence-electron chi connectivity index (χ0n) is 19.4. The fraction of sp³-hybridized carbons (Fsp3) is 0.560. The molecule has 0 saturated carbocycles. The summed E-state index contributed by atoms with van der Waals surface area (Å²) in [6.45, 7) is 6.57. The third kappa shape index (κ3) is 4.96. The van der Waals surface area contributed by atoms with Crippen molar-refractivity contribution in [2.45, 2.75) is 57.3 Å². The maximum atomic E-state index is 11.5. The molecule has 5 rings (SSSR count). The van der Waals surface area contributed by atoms with E-state index in [1.165, 1.54) is 11.1 Å². The van der Waals surface area contributed by atoms with Gasteiger partial charge in [0, 0.05) is 64.3 Å². The van der Waals surface area contributed by atoms with Gasteiger partial charge in [0.15, 0.2) is 0 Å². The molecule has 1 amide bonds. The van der Waals surface area contributed by atoms with E-state index < -0.39 is 6.10 Å². The Morgan fingerprint density at radius 3 is 2.61 bits per heavy atom. The van der Waals surface area contributed by atoms with Gasteiger partial charge in [0.05, 0.1) is 6.10 Å². The lowest BCUT2D eigenvalue weighted by molar-refractivity contribution is -0.129. The van der Waals surface area contributed by atoms with Crippen LogP contribution in [0.25, 0.3) is 0 Å². The number of β-amino-alcohol motifs (C(OH)–C–C–N with tert-alkyl or cyclic N) is 1. The Hall–Kier alpha value is -2.71. The smallest absolute Gasteiger partial charge is 0.219 e. The number of aliphatic hydroxyl groups is 1. The van der Waals surface area contributed by atoms with Crippen LogP contribution in [0.15, 0.2) is 36.7 Å². The molecule has 33 heavy (non-hydrogen) atoms. The summed E-state index contributed by atoms with van der Waals surface area (Å²) in [5.41, 5.74) is 2.83. The Morgan fingerprint density at radius 2 is 1.85 bits per heavy atom. The number of nitrogens with zero attached hydrogens (tertiary/aromatic N) is 5. The highest BCUT2D eigenvalue weighted by atomic mass is 16.3. The van der Waals surface area contributed by atoms with E-state index in [1.807, 2.05) is 11.0 Å². The lowest BCUT2D eigenvalue weighted by Gasteiger charge is -2.43. The molecule has 3 aliphatic heterocycles. The number of fused-ring (bicyclic) bond motifs is 1. The van der Waals surface area contributed by atoms with Crippen molar-refractivity contribution in [3.8, 4) is 0 Å². The molecule has 4 heterocycles. The quantitative estimate of drug-likeness (QED) is 0.736. The Morgan fingerprint density at radius 1 is 1.06 bits per heavy atom. The normalized spacial score (nSPS) is 24.4. The molecule has 2 fully saturated rings. The van der Waals surface area contributed by atoms with Gasteiger partial charge in [-0.3, -0.25) is 9.69 Å². The SMILES string of the molecule is CC(=O)N1CCC(Nc2cc(N3CCC(N4CCc5ccccc5C4)[C@@H](O)C3)ncn2)CC1. The summed E-state index contributed by atoms with van der Waals surface area (Å²) in [4.78, 5) is 27.0. The lowest BCUT2D eigenvalue weighted by Crippen LogP contribution is -2.55. The second kappa shape index (κ2) is 9.65. The van der Waals surface area contributed by atoms with Crippen molar-refractivity contribution in [3.05, 3.63) is 47.8 Å². The summed E-state index contributed by atoms with van der Waals surface area (Å²) >= 11 is 0. The molecule has 1 aromatic carbocycles. The highest BCUT2D eigenvalue weighted by molar-refractivity contribution is 5.73. The third-order valence-electron chi connectivity index (χ3n) is 7.44. The molecule has 1 unspecified atom stereocenters. The van der Waals surface area contributed by atoms with Gasteiger partial charge in [-0.25, -0.2) is 9.97 Å². The van der Waals surface area contributed by atoms with E-state index in [2.05, 4.69) is 49.4 Å². The molecule has 2 saturated heterocycles. The van der Waals surface area contributed by atoms with Crippen LogP contribution in [0.5, 0.6) is 0 Å². The van der Waals surface area contributed by atoms with Crippen LogP contribution in [-0.2, 0) is 17.8 Å². The number of carbonyl (C=O) groups excluding carboxylic acids is 1. The minimum Gasteiger partial charge on any atom is -0.390 e. The summed E-state index contributed by atoms with van der Waals surface area (Å²) < 4.78 is 0. The van der Waals surface area contributed by atoms with Gasteiger partial charge in [0.2, 0.25) is 5.91 Å². The first-order valence-corrected chi connectivity index (χ1v) is 12.1. The first kappa shape index (κ1) is 22.1. The number of hydrogen-bond acceptors (Lipinski definition) is 7. The van der Waals surface area contributed by atoms with E-state index in [9.17, 15) is 9.90 Å². The van der Waals surface area contributed by atoms with E-state index in [1.54, 1.807) is 13.3 Å². The second-order valence-electron chi connectivity index (χ2n) is 9.54. The Kier molecular flexibility index (Phi) is 6.46. The summed E-state index contributed by atoms with van der Waals surface area (Å²) in [7, 11) is 0. The number of rotatable bonds is 4. The first-order valence-electron chi connectivity index (χ1n) is 12.1. The molecule has 0 spiro atoms. The zero-order valence-corrected chi connectivity index (χ0v) is 19.4. The molecule has 2 aromatic rings. The third-order valence-corrected chi connectivity index (χ3v) is 7.44. The molecule has 2 N–H and O–H groups in total. The molecule has 0 bridgehead atoms. The summed E-state index contributed by atoms with van der Waals surface area (Å²) in [6.07, 6.45) is 4.99. The van der Waals surface area contributed by atoms with Crippen LogP contribution in [0.3, 0.4) is 0 Å². The van der Waals surface area contributed by atoms with Crippen LogP contribution in [0.2, 0.25) is 0 Å². The van der Waals surface area contributed by atoms with Gasteiger partial charge in [-0.15, -0.1) is 0 Å². The fourth-order valence-electron chi connectivity index (χ4n) is 5.50. The van der Waals surface area contributed by atoms with Gasteiger partial charge in [0.1, 0.15) is 18.0 Å². The predicted molar refractivity (Wildman–Crippen MR) is 128 cm³/mol. The summed E-state index contributed by atoms with van der Waals surface area (Å²) in [5.74, 6) is 1.81. The number of benzene rings is 1. The van der Waals surface area contributed by atoms with Crippen molar-refractivity contribution in [2.75, 3.05) is 42.9 Å². The number of aliphatic hydroxyl groups excluding tert-OH is 1. The molecule has 0 radical (unpaired) electrons. The monoisotopic (exact) mass is 450 g/mol. The minimum absolute atomic E-state index is 0.147. The van der Waals surface area contributed by atoms with Gasteiger partial charge in [-0.2, -0.15) is 0 Å². The molecule has 176 valence electrons. The van der Waals surface area contributed by atoms with Gasteiger partial charge in [-0.1, -0.05) is 24.3 Å². The molecule has 8 nitrogen and oxygen atoms in total. The van der Waals surface area contributed by atoms with E-state index >= 15 is 0 Å². The summed E-state index contributed by atoms with van der Waals surface area (Å²) in [6, 6.07) is 11.1. The van der Waals surface area contributed by atoms with Crippen molar-refractivity contribution < 1.29 is 9.90 Å². The topological polar surface area (TPSA) is 84.8 Å². The van der Waals surface area contributed by atoms with Gasteiger partial charge in [-0.05, 0) is 36.8 Å². The number of carbonyl (C=O) groups is 1. The Labute approximate surface area is 195 Å². The lowest BCUT2D eigenvalue weighted by atomic mass is 9.94. The minimum atomic E-state index is -0.411. The van der Waals surface area contributed by atoms with E-state index in [4.69, 9.17) is 0 Å². The van der Waals surface area contributed by atoms with Crippen molar-refractivity contribution in [1.29, 1.82) is 0 Å². The molecule has 0 aliphatic carbocycles. The highest BCUT2D eigenvalue weighted by Gasteiger charge is 2.34. The van der Waals surface area contributed by atoms with Crippen LogP contribution in [0.4, 0.5) is 11.6 Å². The second-order valence-corrected chi connectivity index (χ2v) is 9.54. The Bertz CT molecular complexity index is 977. The molecule has 1 aromatic heterocycles. The van der Waals surface area contributed by atoms with Crippen molar-refractivity contribution >= 4 is 17.5 Å². The van der Waals surface area contributed by atoms with E-state index in [0.29, 0.717) is 12.6 Å². The zero-order chi connectivity index (χ0) is 22.8. The number of piperidine rings is 2. The average Bonchev–Trinajstić information content (AvgIpc) is 2.84. The van der Waals surface area contributed by atoms with Crippen LogP contribution < -0.4 is 10.2 Å². The maximum absolute atomic E-state index is 11.5. The first-order chi connectivity index (χ1) is 16.1. The van der Waals surface area contributed by atoms with Crippen LogP contribution >= 0.6 is 0 Å². The molecular formula is C25H34N6O2. The maximum Gasteiger partial charge on any atom is 0.219 e. The van der Waals surface area contributed by atoms with Crippen LogP contribution in [-0.4, -0.2) is 81.7 Å². The van der Waals surface area contributed by atoms with E-state index in [-0.39, 0.29) is 11.9 Å². The standard InChI is InChI=1S/C25H34N6O2/c1-18(32)29-11-7-21(8-12-29)28-24-14-25(27-17-26-24)31-13-9-22(23(33)16-31)30-10-6-19-4-2-3-5-20(19)15-30/h2-5,14,17,21-23,33H,6-13,15-16H2,1H3,(H,26,27,28)/t22?,23-/m0/s1. The van der Waals surface area contributed by atoms with Crippen molar-refractivity contribution in [2.24, 2.45) is 0 Å². The average molecular weight is 451 g/mol. The van der Waals surface area contributed by atoms with E-state index in [0.717, 1.165) is 70.0 Å². The Balaban J connectivity index is 1.18. The predicted octanol–water partition coefficient (Wildman–Crippen LogP) is 1.90. The molecule has 8 heteroatoms. The van der Waals surface area contributed by atoms with Gasteiger partial charge >= 0.3 is 0 Å². The summed E-state index contributed by atoms with van der Waals surface area (Å²) in [5, 5.41) is 14.5. The van der Waals surface area contributed by atoms with Crippen LogP contribution in [0, 0.1) is 0 Å². The van der Waals surface area contributed by atoms with Crippen molar-refractivity contribution in [1.82, 2.24) is 19.8 Å².